The average molecular weight is 348 g/mol. The second kappa shape index (κ2) is 6.39. The molecule has 1 aromatic rings. The van der Waals surface area contributed by atoms with Crippen molar-refractivity contribution in [1.29, 1.82) is 0 Å². The van der Waals surface area contributed by atoms with Gasteiger partial charge in [0.05, 0.1) is 12.2 Å². The average Bonchev–Trinajstić information content (AvgIpc) is 3.15. The van der Waals surface area contributed by atoms with Crippen molar-refractivity contribution in [3.63, 3.8) is 0 Å². The maximum Gasteiger partial charge on any atom is 0.272 e. The Hall–Kier alpha value is -1.56. The van der Waals surface area contributed by atoms with Gasteiger partial charge in [0.2, 0.25) is 0 Å². The van der Waals surface area contributed by atoms with Crippen molar-refractivity contribution in [2.45, 2.75) is 43.9 Å². The van der Waals surface area contributed by atoms with Gasteiger partial charge in [-0.1, -0.05) is 23.7 Å². The van der Waals surface area contributed by atoms with Gasteiger partial charge in [0.15, 0.2) is 0 Å². The second-order valence-electron chi connectivity index (χ2n) is 6.97. The Bertz CT molecular complexity index is 669. The highest BCUT2D eigenvalue weighted by atomic mass is 35.5. The summed E-state index contributed by atoms with van der Waals surface area (Å²) in [6.07, 6.45) is 4.56. The zero-order valence-corrected chi connectivity index (χ0v) is 14.2. The molecule has 3 aliphatic rings. The van der Waals surface area contributed by atoms with Gasteiger partial charge >= 0.3 is 0 Å². The van der Waals surface area contributed by atoms with Gasteiger partial charge in [-0.05, 0) is 49.3 Å². The van der Waals surface area contributed by atoms with Gasteiger partial charge in [0.1, 0.15) is 5.70 Å². The van der Waals surface area contributed by atoms with E-state index in [1.165, 1.54) is 12.8 Å². The number of halogens is 1. The van der Waals surface area contributed by atoms with Crippen LogP contribution >= 0.6 is 11.6 Å². The molecule has 128 valence electrons. The molecule has 5 nitrogen and oxygen atoms in total. The molecule has 2 saturated heterocycles. The van der Waals surface area contributed by atoms with Crippen molar-refractivity contribution in [3.8, 4) is 0 Å². The fourth-order valence-electron chi connectivity index (χ4n) is 3.44. The van der Waals surface area contributed by atoms with E-state index < -0.39 is 0 Å². The minimum atomic E-state index is -0.341. The molecule has 2 heterocycles. The van der Waals surface area contributed by atoms with Crippen LogP contribution < -0.4 is 16.4 Å². The van der Waals surface area contributed by atoms with Crippen LogP contribution in [0, 0.1) is 5.92 Å². The summed E-state index contributed by atoms with van der Waals surface area (Å²) in [7, 11) is 0. The van der Waals surface area contributed by atoms with Crippen molar-refractivity contribution in [1.82, 2.24) is 5.32 Å². The third-order valence-electron chi connectivity index (χ3n) is 5.03. The van der Waals surface area contributed by atoms with E-state index in [0.29, 0.717) is 35.2 Å². The van der Waals surface area contributed by atoms with Crippen LogP contribution in [0.4, 0.5) is 5.69 Å². The first kappa shape index (κ1) is 15.9. The topological polar surface area (TPSA) is 76.4 Å². The lowest BCUT2D eigenvalue weighted by molar-refractivity contribution is -0.112. The fourth-order valence-corrected chi connectivity index (χ4v) is 3.75. The molecule has 4 N–H and O–H groups in total. The summed E-state index contributed by atoms with van der Waals surface area (Å²) in [6.45, 7) is 0.947. The molecule has 0 aromatic heterocycles. The molecule has 0 radical (unpaired) electrons. The van der Waals surface area contributed by atoms with Crippen molar-refractivity contribution in [2.75, 3.05) is 11.9 Å². The number of rotatable bonds is 5. The Morgan fingerprint density at radius 2 is 2.08 bits per heavy atom. The molecule has 0 spiro atoms. The first-order valence-corrected chi connectivity index (χ1v) is 8.92. The van der Waals surface area contributed by atoms with E-state index in [0.717, 1.165) is 18.5 Å². The summed E-state index contributed by atoms with van der Waals surface area (Å²) < 4.78 is 5.99. The number of carbonyl (C=O) groups excluding carboxylic acids is 1. The van der Waals surface area contributed by atoms with Crippen LogP contribution in [0.5, 0.6) is 0 Å². The van der Waals surface area contributed by atoms with Crippen LogP contribution in [0.1, 0.15) is 37.4 Å². The summed E-state index contributed by atoms with van der Waals surface area (Å²) in [4.78, 5) is 12.2. The van der Waals surface area contributed by atoms with E-state index in [2.05, 4.69) is 10.6 Å². The van der Waals surface area contributed by atoms with Gasteiger partial charge in [0, 0.05) is 23.3 Å². The van der Waals surface area contributed by atoms with Crippen LogP contribution in [0.3, 0.4) is 0 Å². The lowest BCUT2D eigenvalue weighted by atomic mass is 10.0. The summed E-state index contributed by atoms with van der Waals surface area (Å²) in [5, 5.41) is 6.74. The third-order valence-corrected chi connectivity index (χ3v) is 5.39. The van der Waals surface area contributed by atoms with Crippen LogP contribution in [0.15, 0.2) is 35.0 Å². The number of nitrogens with one attached hydrogen (secondary N) is 2. The van der Waals surface area contributed by atoms with E-state index >= 15 is 0 Å². The Morgan fingerprint density at radius 1 is 1.33 bits per heavy atom. The Balaban J connectivity index is 1.39. The number of amides is 1. The van der Waals surface area contributed by atoms with Crippen LogP contribution in [0.25, 0.3) is 0 Å². The number of nitrogens with two attached hydrogens (primary N) is 1. The standard InChI is InChI=1S/C18H22ClN3O2/c19-14(7-10-1-2-10)16(20)18(23)22-12-5-3-11(4-6-12)17-15-8-13(24-17)9-21-15/h3-6,10,13,15,17,21H,1-2,7-9,20H2,(H,22,23)/b16-14+. The second-order valence-corrected chi connectivity index (χ2v) is 7.43. The molecule has 3 fully saturated rings. The van der Waals surface area contributed by atoms with Gasteiger partial charge < -0.3 is 21.1 Å². The highest BCUT2D eigenvalue weighted by Crippen LogP contribution is 2.38. The number of fused-ring (bicyclic) bond motifs is 2. The molecule has 3 unspecified atom stereocenters. The lowest BCUT2D eigenvalue weighted by Crippen LogP contribution is -2.33. The molecule has 2 aliphatic heterocycles. The van der Waals surface area contributed by atoms with Gasteiger partial charge in [0.25, 0.3) is 5.91 Å². The number of anilines is 1. The van der Waals surface area contributed by atoms with E-state index in [9.17, 15) is 4.79 Å². The highest BCUT2D eigenvalue weighted by molar-refractivity contribution is 6.32. The number of morpholine rings is 1. The molecule has 2 bridgehead atoms. The van der Waals surface area contributed by atoms with Gasteiger partial charge in [-0.2, -0.15) is 0 Å². The van der Waals surface area contributed by atoms with E-state index in [4.69, 9.17) is 22.1 Å². The smallest absolute Gasteiger partial charge is 0.272 e. The summed E-state index contributed by atoms with van der Waals surface area (Å²) in [6, 6.07) is 8.15. The maximum atomic E-state index is 12.2. The van der Waals surface area contributed by atoms with Crippen molar-refractivity contribution in [3.05, 3.63) is 40.6 Å². The fraction of sp³-hybridized carbons (Fsp3) is 0.500. The highest BCUT2D eigenvalue weighted by Gasteiger charge is 2.41. The molecule has 1 aromatic carbocycles. The SMILES string of the molecule is N/C(C(=O)Nc1ccc(C2OC3CNC2C3)cc1)=C(/Cl)CC1CC1. The van der Waals surface area contributed by atoms with Crippen molar-refractivity contribution >= 4 is 23.2 Å². The van der Waals surface area contributed by atoms with Crippen LogP contribution in [0.2, 0.25) is 0 Å². The van der Waals surface area contributed by atoms with E-state index in [1.54, 1.807) is 0 Å². The summed E-state index contributed by atoms with van der Waals surface area (Å²) in [5.74, 6) is 0.254. The van der Waals surface area contributed by atoms with Crippen molar-refractivity contribution in [2.24, 2.45) is 11.7 Å². The first-order valence-electron chi connectivity index (χ1n) is 8.54. The quantitative estimate of drug-likeness (QED) is 0.716. The molecular formula is C18H22ClN3O2. The molecule has 1 saturated carbocycles. The molecule has 6 heteroatoms. The van der Waals surface area contributed by atoms with E-state index in [1.807, 2.05) is 24.3 Å². The van der Waals surface area contributed by atoms with Crippen LogP contribution in [-0.4, -0.2) is 24.6 Å². The van der Waals surface area contributed by atoms with Crippen LogP contribution in [-0.2, 0) is 9.53 Å². The van der Waals surface area contributed by atoms with Crippen molar-refractivity contribution < 1.29 is 9.53 Å². The number of carbonyl (C=O) groups is 1. The largest absolute Gasteiger partial charge is 0.393 e. The number of benzene rings is 1. The minimum absolute atomic E-state index is 0.103. The predicted molar refractivity (Wildman–Crippen MR) is 93.5 cm³/mol. The van der Waals surface area contributed by atoms with Gasteiger partial charge in [-0.25, -0.2) is 0 Å². The third kappa shape index (κ3) is 3.29. The number of hydrogen-bond acceptors (Lipinski definition) is 4. The normalized spacial score (nSPS) is 29.5. The van der Waals surface area contributed by atoms with E-state index in [-0.39, 0.29) is 17.7 Å². The zero-order chi connectivity index (χ0) is 16.7. The summed E-state index contributed by atoms with van der Waals surface area (Å²) in [5.41, 5.74) is 7.82. The Kier molecular flexibility index (Phi) is 4.24. The monoisotopic (exact) mass is 347 g/mol. The predicted octanol–water partition coefficient (Wildman–Crippen LogP) is 2.64. The maximum absolute atomic E-state index is 12.2. The van der Waals surface area contributed by atoms with Gasteiger partial charge in [-0.3, -0.25) is 4.79 Å². The molecule has 24 heavy (non-hydrogen) atoms. The Morgan fingerprint density at radius 3 is 2.67 bits per heavy atom. The lowest BCUT2D eigenvalue weighted by Gasteiger charge is -2.23. The molecular weight excluding hydrogens is 326 g/mol. The number of allylic oxidation sites excluding steroid dienone is 1. The molecule has 4 rings (SSSR count). The number of ether oxygens (including phenoxy) is 1. The number of hydrogen-bond donors (Lipinski definition) is 3. The molecule has 1 aliphatic carbocycles. The Labute approximate surface area is 146 Å². The summed E-state index contributed by atoms with van der Waals surface area (Å²) >= 11 is 6.15. The molecule has 3 atom stereocenters. The first-order chi connectivity index (χ1) is 11.6. The molecule has 1 amide bonds. The minimum Gasteiger partial charge on any atom is -0.393 e. The zero-order valence-electron chi connectivity index (χ0n) is 13.4. The van der Waals surface area contributed by atoms with Gasteiger partial charge in [-0.15, -0.1) is 0 Å².